The summed E-state index contributed by atoms with van der Waals surface area (Å²) < 4.78 is 43.2. The lowest BCUT2D eigenvalue weighted by Crippen LogP contribution is -2.42. The van der Waals surface area contributed by atoms with Crippen molar-refractivity contribution in [3.05, 3.63) is 30.1 Å². The van der Waals surface area contributed by atoms with Crippen molar-refractivity contribution in [2.24, 2.45) is 0 Å². The first-order valence-electron chi connectivity index (χ1n) is 7.56. The van der Waals surface area contributed by atoms with Crippen LogP contribution in [0.15, 0.2) is 29.2 Å². The van der Waals surface area contributed by atoms with E-state index >= 15 is 0 Å². The SMILES string of the molecule is CC(C)(C)OC(=O)N1CCC[C@@H]1CS(=O)(=O)c1ccc(F)cc1. The molecule has 1 aromatic carbocycles. The first-order chi connectivity index (χ1) is 10.6. The number of hydrogen-bond donors (Lipinski definition) is 0. The van der Waals surface area contributed by atoms with Crippen molar-refractivity contribution in [1.82, 2.24) is 4.90 Å². The Kier molecular flexibility index (Phi) is 4.98. The van der Waals surface area contributed by atoms with Gasteiger partial charge in [0.1, 0.15) is 11.4 Å². The number of sulfone groups is 1. The third-order valence-corrected chi connectivity index (χ3v) is 5.40. The molecule has 7 heteroatoms. The molecule has 0 bridgehead atoms. The molecule has 0 aromatic heterocycles. The summed E-state index contributed by atoms with van der Waals surface area (Å²) in [6.07, 6.45) is 0.858. The number of ether oxygens (including phenoxy) is 1. The summed E-state index contributed by atoms with van der Waals surface area (Å²) in [5.74, 6) is -0.669. The highest BCUT2D eigenvalue weighted by Gasteiger charge is 2.35. The molecule has 1 aromatic rings. The highest BCUT2D eigenvalue weighted by Crippen LogP contribution is 2.24. The number of rotatable bonds is 3. The zero-order chi connectivity index (χ0) is 17.3. The highest BCUT2D eigenvalue weighted by molar-refractivity contribution is 7.91. The molecule has 1 aliphatic heterocycles. The lowest BCUT2D eigenvalue weighted by Gasteiger charge is -2.28. The van der Waals surface area contributed by atoms with Crippen LogP contribution in [-0.2, 0) is 14.6 Å². The maximum Gasteiger partial charge on any atom is 0.410 e. The molecule has 0 spiro atoms. The van der Waals surface area contributed by atoms with Crippen molar-refractivity contribution in [3.8, 4) is 0 Å². The number of halogens is 1. The highest BCUT2D eigenvalue weighted by atomic mass is 32.2. The summed E-state index contributed by atoms with van der Waals surface area (Å²) in [5, 5.41) is 0. The summed E-state index contributed by atoms with van der Waals surface area (Å²) in [7, 11) is -3.59. The summed E-state index contributed by atoms with van der Waals surface area (Å²) in [6.45, 7) is 5.79. The van der Waals surface area contributed by atoms with Crippen LogP contribution in [0.25, 0.3) is 0 Å². The van der Waals surface area contributed by atoms with Gasteiger partial charge in [-0.1, -0.05) is 0 Å². The fourth-order valence-corrected chi connectivity index (χ4v) is 4.16. The van der Waals surface area contributed by atoms with Crippen LogP contribution in [0, 0.1) is 5.82 Å². The summed E-state index contributed by atoms with van der Waals surface area (Å²) in [6, 6.07) is 4.31. The van der Waals surface area contributed by atoms with Gasteiger partial charge in [0, 0.05) is 12.6 Å². The van der Waals surface area contributed by atoms with Gasteiger partial charge in [-0.15, -0.1) is 0 Å². The van der Waals surface area contributed by atoms with Crippen molar-refractivity contribution >= 4 is 15.9 Å². The molecular formula is C16H22FNO4S. The van der Waals surface area contributed by atoms with Gasteiger partial charge in [-0.25, -0.2) is 17.6 Å². The van der Waals surface area contributed by atoms with Gasteiger partial charge < -0.3 is 9.64 Å². The predicted octanol–water partition coefficient (Wildman–Crippen LogP) is 3.00. The van der Waals surface area contributed by atoms with E-state index in [4.69, 9.17) is 4.74 Å². The molecular weight excluding hydrogens is 321 g/mol. The van der Waals surface area contributed by atoms with E-state index in [9.17, 15) is 17.6 Å². The topological polar surface area (TPSA) is 63.7 Å². The quantitative estimate of drug-likeness (QED) is 0.792. The number of carbonyl (C=O) groups is 1. The van der Waals surface area contributed by atoms with Crippen LogP contribution < -0.4 is 0 Å². The second-order valence-electron chi connectivity index (χ2n) is 6.71. The Bertz CT molecular complexity index is 664. The zero-order valence-electron chi connectivity index (χ0n) is 13.6. The number of benzene rings is 1. The monoisotopic (exact) mass is 343 g/mol. The van der Waals surface area contributed by atoms with Crippen molar-refractivity contribution < 1.29 is 22.3 Å². The second kappa shape index (κ2) is 6.47. The van der Waals surface area contributed by atoms with E-state index in [0.717, 1.165) is 18.6 Å². The van der Waals surface area contributed by atoms with Crippen molar-refractivity contribution in [2.75, 3.05) is 12.3 Å². The van der Waals surface area contributed by atoms with Gasteiger partial charge in [0.2, 0.25) is 0 Å². The zero-order valence-corrected chi connectivity index (χ0v) is 14.4. The molecule has 0 unspecified atom stereocenters. The molecule has 0 N–H and O–H groups in total. The third-order valence-electron chi connectivity index (χ3n) is 3.59. The molecule has 0 saturated carbocycles. The third kappa shape index (κ3) is 4.67. The molecule has 5 nitrogen and oxygen atoms in total. The van der Waals surface area contributed by atoms with E-state index in [2.05, 4.69) is 0 Å². The minimum atomic E-state index is -3.59. The number of nitrogens with zero attached hydrogens (tertiary/aromatic N) is 1. The average Bonchev–Trinajstić information content (AvgIpc) is 2.84. The van der Waals surface area contributed by atoms with E-state index < -0.39 is 33.4 Å². The first kappa shape index (κ1) is 17.7. The molecule has 1 atom stereocenters. The molecule has 1 saturated heterocycles. The standard InChI is InChI=1S/C16H22FNO4S/c1-16(2,3)22-15(19)18-10-4-5-13(18)11-23(20,21)14-8-6-12(17)7-9-14/h6-9,13H,4-5,10-11H2,1-3H3/t13-/m1/s1. The fraction of sp³-hybridized carbons (Fsp3) is 0.562. The Labute approximate surface area is 136 Å². The summed E-state index contributed by atoms with van der Waals surface area (Å²) in [5.41, 5.74) is -0.625. The van der Waals surface area contributed by atoms with Gasteiger partial charge in [0.05, 0.1) is 10.6 Å². The van der Waals surface area contributed by atoms with Gasteiger partial charge in [-0.3, -0.25) is 0 Å². The molecule has 1 aliphatic rings. The van der Waals surface area contributed by atoms with E-state index in [1.54, 1.807) is 20.8 Å². The first-order valence-corrected chi connectivity index (χ1v) is 9.22. The second-order valence-corrected chi connectivity index (χ2v) is 8.74. The molecule has 1 amide bonds. The molecule has 1 heterocycles. The van der Waals surface area contributed by atoms with Crippen LogP contribution in [0.5, 0.6) is 0 Å². The fourth-order valence-electron chi connectivity index (χ4n) is 2.56. The van der Waals surface area contributed by atoms with Crippen LogP contribution in [0.3, 0.4) is 0 Å². The normalized spacial score (nSPS) is 19.0. The maximum atomic E-state index is 12.9. The van der Waals surface area contributed by atoms with E-state index in [-0.39, 0.29) is 10.6 Å². The average molecular weight is 343 g/mol. The minimum absolute atomic E-state index is 0.0648. The number of carbonyl (C=O) groups excluding carboxylic acids is 1. The van der Waals surface area contributed by atoms with Gasteiger partial charge in [-0.2, -0.15) is 0 Å². The summed E-state index contributed by atoms with van der Waals surface area (Å²) >= 11 is 0. The largest absolute Gasteiger partial charge is 0.444 e. The lowest BCUT2D eigenvalue weighted by molar-refractivity contribution is 0.0241. The Morgan fingerprint density at radius 2 is 1.91 bits per heavy atom. The minimum Gasteiger partial charge on any atom is -0.444 e. The number of hydrogen-bond acceptors (Lipinski definition) is 4. The van der Waals surface area contributed by atoms with Crippen LogP contribution in [0.1, 0.15) is 33.6 Å². The van der Waals surface area contributed by atoms with E-state index in [1.807, 2.05) is 0 Å². The van der Waals surface area contributed by atoms with Crippen molar-refractivity contribution in [1.29, 1.82) is 0 Å². The Balaban J connectivity index is 2.11. The number of amides is 1. The smallest absolute Gasteiger partial charge is 0.410 e. The van der Waals surface area contributed by atoms with Crippen LogP contribution in [0.4, 0.5) is 9.18 Å². The van der Waals surface area contributed by atoms with Crippen LogP contribution >= 0.6 is 0 Å². The van der Waals surface area contributed by atoms with Gasteiger partial charge in [0.25, 0.3) is 0 Å². The van der Waals surface area contributed by atoms with Gasteiger partial charge >= 0.3 is 6.09 Å². The van der Waals surface area contributed by atoms with E-state index in [0.29, 0.717) is 13.0 Å². The van der Waals surface area contributed by atoms with Crippen molar-refractivity contribution in [2.45, 2.75) is 50.2 Å². The molecule has 0 radical (unpaired) electrons. The Morgan fingerprint density at radius 1 is 1.30 bits per heavy atom. The maximum absolute atomic E-state index is 12.9. The Hall–Kier alpha value is -1.63. The van der Waals surface area contributed by atoms with E-state index in [1.165, 1.54) is 17.0 Å². The van der Waals surface area contributed by atoms with Crippen molar-refractivity contribution in [3.63, 3.8) is 0 Å². The molecule has 128 valence electrons. The van der Waals surface area contributed by atoms with Gasteiger partial charge in [0.15, 0.2) is 9.84 Å². The lowest BCUT2D eigenvalue weighted by atomic mass is 10.2. The van der Waals surface area contributed by atoms with Crippen LogP contribution in [-0.4, -0.2) is 43.4 Å². The summed E-state index contributed by atoms with van der Waals surface area (Å²) in [4.78, 5) is 13.7. The number of likely N-dealkylation sites (tertiary alicyclic amines) is 1. The predicted molar refractivity (Wildman–Crippen MR) is 84.4 cm³/mol. The molecule has 2 rings (SSSR count). The molecule has 1 fully saturated rings. The van der Waals surface area contributed by atoms with Gasteiger partial charge in [-0.05, 0) is 57.9 Å². The van der Waals surface area contributed by atoms with Crippen LogP contribution in [0.2, 0.25) is 0 Å². The molecule has 23 heavy (non-hydrogen) atoms. The molecule has 0 aliphatic carbocycles. The Morgan fingerprint density at radius 3 is 2.48 bits per heavy atom.